The molecule has 0 spiro atoms. The first-order valence-corrected chi connectivity index (χ1v) is 24.0. The fourth-order valence-corrected chi connectivity index (χ4v) is 17.1. The van der Waals surface area contributed by atoms with E-state index in [4.69, 9.17) is 4.42 Å². The molecule has 1 heterocycles. The molecule has 8 aromatic carbocycles. The van der Waals surface area contributed by atoms with Gasteiger partial charge in [-0.05, 0) is 126 Å². The van der Waals surface area contributed by atoms with E-state index in [2.05, 4.69) is 233 Å². The Hall–Kier alpha value is -5.21. The van der Waals surface area contributed by atoms with Crippen molar-refractivity contribution in [1.82, 2.24) is 0 Å². The van der Waals surface area contributed by atoms with E-state index >= 15 is 0 Å². The summed E-state index contributed by atoms with van der Waals surface area (Å²) in [6, 6.07) is 66.8. The zero-order valence-corrected chi connectivity index (χ0v) is 39.5. The van der Waals surface area contributed by atoms with E-state index in [0.717, 1.165) is 43.9 Å². The van der Waals surface area contributed by atoms with Gasteiger partial charge in [0.15, 0.2) is 14.1 Å². The summed E-state index contributed by atoms with van der Waals surface area (Å²) in [4.78, 5) is 0. The van der Waals surface area contributed by atoms with Crippen LogP contribution in [0.4, 0.5) is 11.4 Å². The minimum absolute atomic E-state index is 0. The number of hydrogen-bond donors (Lipinski definition) is 2. The molecular formula is C55H53MgN2OP2+3. The van der Waals surface area contributed by atoms with Crippen LogP contribution >= 0.6 is 14.1 Å². The van der Waals surface area contributed by atoms with Gasteiger partial charge in [0.2, 0.25) is 11.4 Å². The molecule has 298 valence electrons. The van der Waals surface area contributed by atoms with Crippen molar-refractivity contribution in [3.8, 4) is 0 Å². The Morgan fingerprint density at radius 2 is 0.639 bits per heavy atom. The first-order valence-electron chi connectivity index (χ1n) is 20.4. The normalized spacial score (nSPS) is 11.5. The molecule has 0 bridgehead atoms. The van der Waals surface area contributed by atoms with Crippen LogP contribution in [0.5, 0.6) is 0 Å². The maximum atomic E-state index is 7.62. The molecule has 0 unspecified atom stereocenters. The van der Waals surface area contributed by atoms with Gasteiger partial charge in [-0.25, -0.2) is 9.49 Å². The second-order valence-electron chi connectivity index (χ2n) is 15.9. The summed E-state index contributed by atoms with van der Waals surface area (Å²) >= 11 is 0. The third-order valence-electron chi connectivity index (χ3n) is 11.7. The number of aryl methyl sites for hydroxylation is 6. The van der Waals surface area contributed by atoms with Crippen molar-refractivity contribution in [1.29, 1.82) is 0 Å². The summed E-state index contributed by atoms with van der Waals surface area (Å²) in [5.41, 5.74) is 11.6. The van der Waals surface area contributed by atoms with E-state index in [0.29, 0.717) is 0 Å². The molecule has 0 radical (unpaired) electrons. The topological polar surface area (TPSA) is 41.1 Å². The zero-order valence-electron chi connectivity index (χ0n) is 36.3. The largest absolute Gasteiger partial charge is 2.00 e. The standard InChI is InChI=1S/C54H48N2OP2.CH3.Mg/c1-37-33-39(3)51(40(4)34-37)55-58(43-21-11-7-12-22-43,44-23-13-8-14-24-44)49-31-19-29-47-48-30-20-32-50(54(48)57-53(47)49)59(45-25-15-9-16-26-45,46-27-17-10-18-28-46)56-52-41(5)35-38(2)36-42(52)6;;/h7-36H,1-6H3;1H3;/q;-1;+2/p+2. The van der Waals surface area contributed by atoms with Gasteiger partial charge in [0.1, 0.15) is 11.2 Å². The first kappa shape index (κ1) is 43.9. The minimum Gasteiger partial charge on any atom is -0.454 e. The molecule has 0 amide bonds. The van der Waals surface area contributed by atoms with Gasteiger partial charge in [-0.15, -0.1) is 0 Å². The van der Waals surface area contributed by atoms with Crippen molar-refractivity contribution in [3.05, 3.63) is 223 Å². The molecule has 0 aliphatic rings. The summed E-state index contributed by atoms with van der Waals surface area (Å²) in [6.45, 7) is 13.3. The second kappa shape index (κ2) is 18.0. The van der Waals surface area contributed by atoms with Crippen molar-refractivity contribution in [2.45, 2.75) is 41.5 Å². The zero-order chi connectivity index (χ0) is 40.7. The molecule has 9 rings (SSSR count). The Bertz CT molecular complexity index is 2780. The van der Waals surface area contributed by atoms with Crippen LogP contribution < -0.4 is 41.3 Å². The number of benzene rings is 8. The predicted octanol–water partition coefficient (Wildman–Crippen LogP) is 9.29. The van der Waals surface area contributed by atoms with Gasteiger partial charge >= 0.3 is 23.1 Å². The van der Waals surface area contributed by atoms with Gasteiger partial charge in [-0.1, -0.05) is 108 Å². The van der Waals surface area contributed by atoms with E-state index in [9.17, 15) is 0 Å². The molecule has 0 saturated carbocycles. The van der Waals surface area contributed by atoms with E-state index in [1.807, 2.05) is 0 Å². The van der Waals surface area contributed by atoms with Gasteiger partial charge < -0.3 is 11.8 Å². The third-order valence-corrected chi connectivity index (χ3v) is 19.3. The summed E-state index contributed by atoms with van der Waals surface area (Å²) in [5.74, 6) is 0. The van der Waals surface area contributed by atoms with Crippen LogP contribution in [0, 0.1) is 49.0 Å². The second-order valence-corrected chi connectivity index (χ2v) is 22.0. The predicted molar refractivity (Wildman–Crippen MR) is 266 cm³/mol. The number of fused-ring (bicyclic) bond motifs is 3. The van der Waals surface area contributed by atoms with Crippen molar-refractivity contribution in [2.75, 3.05) is 0 Å². The van der Waals surface area contributed by atoms with Crippen molar-refractivity contribution < 1.29 is 13.9 Å². The molecule has 0 atom stereocenters. The molecule has 0 fully saturated rings. The average Bonchev–Trinajstić information content (AvgIpc) is 3.64. The summed E-state index contributed by atoms with van der Waals surface area (Å²) in [6.07, 6.45) is 0. The van der Waals surface area contributed by atoms with Gasteiger partial charge in [-0.3, -0.25) is 0 Å². The Balaban J connectivity index is 0.00000281. The van der Waals surface area contributed by atoms with Crippen molar-refractivity contribution in [3.63, 3.8) is 0 Å². The molecule has 2 N–H and O–H groups in total. The molecule has 3 nitrogen and oxygen atoms in total. The van der Waals surface area contributed by atoms with Gasteiger partial charge in [0, 0.05) is 54.2 Å². The first-order chi connectivity index (χ1) is 28.7. The number of hydrogen-bond acceptors (Lipinski definition) is 1. The summed E-state index contributed by atoms with van der Waals surface area (Å²) < 4.78 is 16.3. The Labute approximate surface area is 378 Å². The van der Waals surface area contributed by atoms with E-state index in [1.54, 1.807) is 0 Å². The van der Waals surface area contributed by atoms with Crippen LogP contribution in [0.15, 0.2) is 186 Å². The summed E-state index contributed by atoms with van der Waals surface area (Å²) in [7, 11) is -5.28. The molecule has 0 aliphatic carbocycles. The molecule has 61 heavy (non-hydrogen) atoms. The maximum Gasteiger partial charge on any atom is 2.00 e. The fourth-order valence-electron chi connectivity index (χ4n) is 9.21. The Morgan fingerprint density at radius 3 is 0.918 bits per heavy atom. The minimum atomic E-state index is -2.64. The average molecular weight is 844 g/mol. The number of para-hydroxylation sites is 2. The van der Waals surface area contributed by atoms with Crippen LogP contribution in [0.2, 0.25) is 0 Å². The molecule has 0 saturated heterocycles. The smallest absolute Gasteiger partial charge is 0.454 e. The van der Waals surface area contributed by atoms with Gasteiger partial charge in [-0.2, -0.15) is 0 Å². The summed E-state index contributed by atoms with van der Waals surface area (Å²) in [5, 5.41) is 9.49. The SMILES string of the molecule is Cc1cc(C)c([NH+]=P(c2ccccc2)(c2ccccc2)c2cccc3c2oc2c(P(=[NH+]c4c(C)cc(C)cc4C)(c4ccccc4)c4ccccc4)cccc23)c(C)c1.[CH3-].[Mg+2]. The number of furan rings is 1. The van der Waals surface area contributed by atoms with Gasteiger partial charge in [0.05, 0.1) is 10.6 Å². The maximum absolute atomic E-state index is 7.62. The molecule has 0 aliphatic heterocycles. The fraction of sp³-hybridized carbons (Fsp3) is 0.109. The van der Waals surface area contributed by atoms with E-state index < -0.39 is 14.1 Å². The van der Waals surface area contributed by atoms with Crippen molar-refractivity contribution >= 4 is 102 Å². The number of rotatable bonds is 8. The van der Waals surface area contributed by atoms with Gasteiger partial charge in [0.25, 0.3) is 0 Å². The quantitative estimate of drug-likeness (QED) is 0.0895. The molecule has 9 aromatic rings. The van der Waals surface area contributed by atoms with E-state index in [-0.39, 0.29) is 30.5 Å². The van der Waals surface area contributed by atoms with Crippen LogP contribution in [0.25, 0.3) is 21.9 Å². The van der Waals surface area contributed by atoms with E-state index in [1.165, 1.54) is 54.6 Å². The Kier molecular flexibility index (Phi) is 13.0. The van der Waals surface area contributed by atoms with Crippen molar-refractivity contribution in [2.24, 2.45) is 0 Å². The van der Waals surface area contributed by atoms with Crippen LogP contribution in [0.3, 0.4) is 0 Å². The molecule has 6 heteroatoms. The van der Waals surface area contributed by atoms with Crippen LogP contribution in [-0.4, -0.2) is 23.1 Å². The molecular weight excluding hydrogens is 791 g/mol. The van der Waals surface area contributed by atoms with Crippen LogP contribution in [0.1, 0.15) is 33.4 Å². The number of nitrogens with one attached hydrogen (secondary N) is 2. The van der Waals surface area contributed by atoms with Crippen LogP contribution in [-0.2, 0) is 0 Å². The monoisotopic (exact) mass is 843 g/mol. The molecule has 1 aromatic heterocycles. The third kappa shape index (κ3) is 7.70. The Morgan fingerprint density at radius 1 is 0.361 bits per heavy atom.